The van der Waals surface area contributed by atoms with E-state index in [0.29, 0.717) is 6.61 Å². The van der Waals surface area contributed by atoms with Crippen molar-refractivity contribution in [2.45, 2.75) is 20.3 Å². The summed E-state index contributed by atoms with van der Waals surface area (Å²) in [5.74, 6) is -0.202. The molecule has 2 nitrogen and oxygen atoms in total. The Morgan fingerprint density at radius 3 is 2.53 bits per heavy atom. The second kappa shape index (κ2) is 5.91. The van der Waals surface area contributed by atoms with E-state index in [1.807, 2.05) is 38.1 Å². The van der Waals surface area contributed by atoms with Gasteiger partial charge in [0.15, 0.2) is 0 Å². The van der Waals surface area contributed by atoms with E-state index in [2.05, 4.69) is 15.9 Å². The Morgan fingerprint density at radius 2 is 2.00 bits per heavy atom. The van der Waals surface area contributed by atoms with Crippen LogP contribution in [0.5, 0.6) is 0 Å². The van der Waals surface area contributed by atoms with Crippen LogP contribution in [0.2, 0.25) is 0 Å². The Kier molecular flexibility index (Phi) is 4.82. The van der Waals surface area contributed by atoms with Crippen LogP contribution in [0.1, 0.15) is 19.4 Å². The highest BCUT2D eigenvalue weighted by Gasteiger charge is 2.14. The normalized spacial score (nSPS) is 12.2. The summed E-state index contributed by atoms with van der Waals surface area (Å²) in [5, 5.41) is 0. The molecule has 3 heteroatoms. The average molecular weight is 271 g/mol. The minimum absolute atomic E-state index is 0.0777. The highest BCUT2D eigenvalue weighted by Crippen LogP contribution is 2.14. The summed E-state index contributed by atoms with van der Waals surface area (Å²) in [7, 11) is 0. The summed E-state index contributed by atoms with van der Waals surface area (Å²) in [6.45, 7) is 4.16. The lowest BCUT2D eigenvalue weighted by Gasteiger charge is -2.10. The number of hydrogen-bond donors (Lipinski definition) is 0. The van der Waals surface area contributed by atoms with Gasteiger partial charge < -0.3 is 4.74 Å². The minimum Gasteiger partial charge on any atom is -0.466 e. The summed E-state index contributed by atoms with van der Waals surface area (Å²) in [6, 6.07) is 7.99. The molecule has 0 aliphatic rings. The van der Waals surface area contributed by atoms with Gasteiger partial charge in [-0.25, -0.2) is 0 Å². The van der Waals surface area contributed by atoms with Crippen LogP contribution in [0.25, 0.3) is 0 Å². The Bertz CT molecular complexity index is 319. The zero-order chi connectivity index (χ0) is 11.3. The number of carbonyl (C=O) groups excluding carboxylic acids is 1. The number of esters is 1. The van der Waals surface area contributed by atoms with Crippen molar-refractivity contribution in [2.24, 2.45) is 5.92 Å². The van der Waals surface area contributed by atoms with Crippen LogP contribution in [0.15, 0.2) is 28.7 Å². The van der Waals surface area contributed by atoms with E-state index in [0.717, 1.165) is 16.5 Å². The first kappa shape index (κ1) is 12.2. The van der Waals surface area contributed by atoms with Crippen molar-refractivity contribution in [3.8, 4) is 0 Å². The van der Waals surface area contributed by atoms with Crippen molar-refractivity contribution in [1.82, 2.24) is 0 Å². The van der Waals surface area contributed by atoms with Crippen molar-refractivity contribution >= 4 is 21.9 Å². The fourth-order valence-corrected chi connectivity index (χ4v) is 1.61. The van der Waals surface area contributed by atoms with Gasteiger partial charge in [0.05, 0.1) is 12.5 Å². The van der Waals surface area contributed by atoms with Crippen molar-refractivity contribution in [1.29, 1.82) is 0 Å². The van der Waals surface area contributed by atoms with Gasteiger partial charge in [0.1, 0.15) is 0 Å². The number of hydrogen-bond acceptors (Lipinski definition) is 2. The maximum atomic E-state index is 11.4. The number of halogens is 1. The SMILES string of the molecule is CCOC(=O)[C@H](C)Cc1ccc(Br)cc1. The van der Waals surface area contributed by atoms with Crippen LogP contribution < -0.4 is 0 Å². The van der Waals surface area contributed by atoms with Crippen molar-refractivity contribution in [3.05, 3.63) is 34.3 Å². The number of benzene rings is 1. The molecule has 0 fully saturated rings. The van der Waals surface area contributed by atoms with Gasteiger partial charge in [-0.2, -0.15) is 0 Å². The molecule has 0 aliphatic carbocycles. The van der Waals surface area contributed by atoms with E-state index in [4.69, 9.17) is 4.74 Å². The quantitative estimate of drug-likeness (QED) is 0.786. The smallest absolute Gasteiger partial charge is 0.308 e. The zero-order valence-electron chi connectivity index (χ0n) is 9.00. The molecule has 1 atom stereocenters. The summed E-state index contributed by atoms with van der Waals surface area (Å²) in [5.41, 5.74) is 1.15. The van der Waals surface area contributed by atoms with Crippen LogP contribution in [0.3, 0.4) is 0 Å². The zero-order valence-corrected chi connectivity index (χ0v) is 10.6. The maximum Gasteiger partial charge on any atom is 0.308 e. The lowest BCUT2D eigenvalue weighted by molar-refractivity contribution is -0.147. The fourth-order valence-electron chi connectivity index (χ4n) is 1.34. The van der Waals surface area contributed by atoms with Crippen LogP contribution >= 0.6 is 15.9 Å². The summed E-state index contributed by atoms with van der Waals surface area (Å²) < 4.78 is 6.00. The standard InChI is InChI=1S/C12H15BrO2/c1-3-15-12(14)9(2)8-10-4-6-11(13)7-5-10/h4-7,9H,3,8H2,1-2H3/t9-/m1/s1. The first-order valence-electron chi connectivity index (χ1n) is 5.04. The van der Waals surface area contributed by atoms with E-state index in [-0.39, 0.29) is 11.9 Å². The highest BCUT2D eigenvalue weighted by atomic mass is 79.9. The van der Waals surface area contributed by atoms with Gasteiger partial charge >= 0.3 is 5.97 Å². The predicted molar refractivity (Wildman–Crippen MR) is 63.6 cm³/mol. The summed E-state index contributed by atoms with van der Waals surface area (Å²) in [6.07, 6.45) is 0.728. The van der Waals surface area contributed by atoms with Crippen LogP contribution in [-0.4, -0.2) is 12.6 Å². The van der Waals surface area contributed by atoms with Crippen LogP contribution in [0, 0.1) is 5.92 Å². The molecular weight excluding hydrogens is 256 g/mol. The third-order valence-corrected chi connectivity index (χ3v) is 2.67. The Morgan fingerprint density at radius 1 is 1.40 bits per heavy atom. The molecule has 0 spiro atoms. The molecule has 0 N–H and O–H groups in total. The first-order valence-corrected chi connectivity index (χ1v) is 5.84. The third kappa shape index (κ3) is 4.04. The van der Waals surface area contributed by atoms with Crippen molar-refractivity contribution in [3.63, 3.8) is 0 Å². The largest absolute Gasteiger partial charge is 0.466 e. The third-order valence-electron chi connectivity index (χ3n) is 2.14. The molecule has 0 aromatic heterocycles. The molecule has 0 unspecified atom stereocenters. The molecule has 1 aromatic rings. The van der Waals surface area contributed by atoms with Gasteiger partial charge in [0, 0.05) is 4.47 Å². The Balaban J connectivity index is 2.54. The molecule has 0 radical (unpaired) electrons. The second-order valence-electron chi connectivity index (χ2n) is 3.48. The Labute approximate surface area is 98.8 Å². The van der Waals surface area contributed by atoms with Gasteiger partial charge in [0.2, 0.25) is 0 Å². The molecule has 0 bridgehead atoms. The molecule has 0 saturated carbocycles. The minimum atomic E-state index is -0.125. The van der Waals surface area contributed by atoms with Gasteiger partial charge in [-0.05, 0) is 31.0 Å². The average Bonchev–Trinajstić information content (AvgIpc) is 2.22. The molecule has 1 aromatic carbocycles. The second-order valence-corrected chi connectivity index (χ2v) is 4.40. The molecule has 82 valence electrons. The van der Waals surface area contributed by atoms with Crippen LogP contribution in [0.4, 0.5) is 0 Å². The molecule has 15 heavy (non-hydrogen) atoms. The molecule has 0 aliphatic heterocycles. The van der Waals surface area contributed by atoms with E-state index in [1.54, 1.807) is 0 Å². The molecule has 0 amide bonds. The highest BCUT2D eigenvalue weighted by molar-refractivity contribution is 9.10. The van der Waals surface area contributed by atoms with Gasteiger partial charge in [-0.15, -0.1) is 0 Å². The lowest BCUT2D eigenvalue weighted by atomic mass is 10.0. The van der Waals surface area contributed by atoms with E-state index in [9.17, 15) is 4.79 Å². The van der Waals surface area contributed by atoms with Crippen LogP contribution in [-0.2, 0) is 16.0 Å². The summed E-state index contributed by atoms with van der Waals surface area (Å²) in [4.78, 5) is 11.4. The lowest BCUT2D eigenvalue weighted by Crippen LogP contribution is -2.16. The first-order chi connectivity index (χ1) is 7.13. The van der Waals surface area contributed by atoms with Crippen molar-refractivity contribution in [2.75, 3.05) is 6.61 Å². The summed E-state index contributed by atoms with van der Waals surface area (Å²) >= 11 is 3.37. The molecule has 1 rings (SSSR count). The Hall–Kier alpha value is -0.830. The molecule has 0 saturated heterocycles. The monoisotopic (exact) mass is 270 g/mol. The number of rotatable bonds is 4. The topological polar surface area (TPSA) is 26.3 Å². The van der Waals surface area contributed by atoms with Gasteiger partial charge in [-0.3, -0.25) is 4.79 Å². The van der Waals surface area contributed by atoms with Gasteiger partial charge in [-0.1, -0.05) is 35.0 Å². The predicted octanol–water partition coefficient (Wildman–Crippen LogP) is 3.19. The number of carbonyl (C=O) groups is 1. The molecular formula is C12H15BrO2. The molecule has 0 heterocycles. The van der Waals surface area contributed by atoms with Gasteiger partial charge in [0.25, 0.3) is 0 Å². The van der Waals surface area contributed by atoms with E-state index < -0.39 is 0 Å². The van der Waals surface area contributed by atoms with Crippen molar-refractivity contribution < 1.29 is 9.53 Å². The van der Waals surface area contributed by atoms with E-state index >= 15 is 0 Å². The maximum absolute atomic E-state index is 11.4. The fraction of sp³-hybridized carbons (Fsp3) is 0.417. The number of ether oxygens (including phenoxy) is 1. The van der Waals surface area contributed by atoms with E-state index in [1.165, 1.54) is 0 Å².